The molecule has 1 N–H and O–H groups in total. The van der Waals surface area contributed by atoms with Crippen molar-refractivity contribution in [3.8, 4) is 0 Å². The summed E-state index contributed by atoms with van der Waals surface area (Å²) in [5.41, 5.74) is 2.86. The maximum absolute atomic E-state index is 13.3. The second kappa shape index (κ2) is 8.16. The Morgan fingerprint density at radius 1 is 1.07 bits per heavy atom. The first kappa shape index (κ1) is 19.9. The highest BCUT2D eigenvalue weighted by Gasteiger charge is 2.60. The number of amides is 1. The standard InChI is InChI=1S/C24H35NO3/c1-18-4-6-21(7-5-18)23-13-19-12-20(14-23)16-24(15-19,17-23)22(26)25-8-3-9-28-11-10-27-2/h4-7,19-20H,3,8-17H2,1-2H3,(H,25,26). The number of carbonyl (C=O) groups excluding carboxylic acids is 1. The third kappa shape index (κ3) is 3.86. The Morgan fingerprint density at radius 3 is 2.46 bits per heavy atom. The number of methoxy groups -OCH3 is 1. The minimum atomic E-state index is -0.147. The van der Waals surface area contributed by atoms with Crippen molar-refractivity contribution in [2.75, 3.05) is 33.5 Å². The fraction of sp³-hybridized carbons (Fsp3) is 0.708. The number of hydrogen-bond donors (Lipinski definition) is 1. The summed E-state index contributed by atoms with van der Waals surface area (Å²) in [6.07, 6.45) is 7.95. The van der Waals surface area contributed by atoms with Crippen LogP contribution in [0.4, 0.5) is 0 Å². The minimum Gasteiger partial charge on any atom is -0.382 e. The van der Waals surface area contributed by atoms with Gasteiger partial charge in [-0.1, -0.05) is 29.8 Å². The summed E-state index contributed by atoms with van der Waals surface area (Å²) in [6.45, 7) is 4.78. The molecule has 4 aliphatic rings. The fourth-order valence-corrected chi connectivity index (χ4v) is 6.58. The van der Waals surface area contributed by atoms with E-state index in [2.05, 4.69) is 36.5 Å². The van der Waals surface area contributed by atoms with E-state index < -0.39 is 0 Å². The Morgan fingerprint density at radius 2 is 1.79 bits per heavy atom. The first-order valence-corrected chi connectivity index (χ1v) is 11.0. The number of carbonyl (C=O) groups is 1. The number of hydrogen-bond acceptors (Lipinski definition) is 3. The van der Waals surface area contributed by atoms with Crippen molar-refractivity contribution in [1.29, 1.82) is 0 Å². The summed E-state index contributed by atoms with van der Waals surface area (Å²) in [5, 5.41) is 3.26. The number of rotatable bonds is 9. The maximum atomic E-state index is 13.3. The molecule has 4 nitrogen and oxygen atoms in total. The van der Waals surface area contributed by atoms with Crippen LogP contribution in [0.3, 0.4) is 0 Å². The molecular formula is C24H35NO3. The van der Waals surface area contributed by atoms with Gasteiger partial charge < -0.3 is 14.8 Å². The van der Waals surface area contributed by atoms with Crippen LogP contribution in [-0.4, -0.2) is 39.4 Å². The molecular weight excluding hydrogens is 350 g/mol. The summed E-state index contributed by atoms with van der Waals surface area (Å²) in [4.78, 5) is 13.3. The first-order valence-electron chi connectivity index (χ1n) is 11.0. The number of aryl methyl sites for hydroxylation is 1. The van der Waals surface area contributed by atoms with Gasteiger partial charge in [-0.25, -0.2) is 0 Å². The molecule has 28 heavy (non-hydrogen) atoms. The van der Waals surface area contributed by atoms with E-state index in [4.69, 9.17) is 9.47 Å². The average molecular weight is 386 g/mol. The van der Waals surface area contributed by atoms with Crippen LogP contribution < -0.4 is 5.32 Å². The van der Waals surface area contributed by atoms with Crippen LogP contribution in [0.25, 0.3) is 0 Å². The third-order valence-electron chi connectivity index (χ3n) is 7.39. The first-order chi connectivity index (χ1) is 13.6. The Kier molecular flexibility index (Phi) is 5.80. The summed E-state index contributed by atoms with van der Waals surface area (Å²) >= 11 is 0. The molecule has 4 heteroatoms. The molecule has 0 spiro atoms. The summed E-state index contributed by atoms with van der Waals surface area (Å²) in [7, 11) is 1.68. The number of ether oxygens (including phenoxy) is 2. The van der Waals surface area contributed by atoms with Crippen LogP contribution in [0.1, 0.15) is 56.1 Å². The quantitative estimate of drug-likeness (QED) is 0.654. The van der Waals surface area contributed by atoms with E-state index in [0.717, 1.165) is 25.7 Å². The molecule has 0 saturated heterocycles. The number of benzene rings is 1. The van der Waals surface area contributed by atoms with E-state index in [1.165, 1.54) is 30.4 Å². The highest BCUT2D eigenvalue weighted by Crippen LogP contribution is 2.65. The second-order valence-electron chi connectivity index (χ2n) is 9.60. The van der Waals surface area contributed by atoms with Crippen LogP contribution in [-0.2, 0) is 19.7 Å². The van der Waals surface area contributed by atoms with E-state index in [1.807, 2.05) is 0 Å². The molecule has 2 atom stereocenters. The molecule has 4 bridgehead atoms. The van der Waals surface area contributed by atoms with Crippen molar-refractivity contribution in [3.63, 3.8) is 0 Å². The monoisotopic (exact) mass is 385 g/mol. The minimum absolute atomic E-state index is 0.147. The largest absolute Gasteiger partial charge is 0.382 e. The Balaban J connectivity index is 1.40. The lowest BCUT2D eigenvalue weighted by Crippen LogP contribution is -2.59. The Labute approximate surface area is 169 Å². The Hall–Kier alpha value is -1.39. The van der Waals surface area contributed by atoms with Crippen molar-refractivity contribution in [2.24, 2.45) is 17.3 Å². The number of nitrogens with one attached hydrogen (secondary N) is 1. The second-order valence-corrected chi connectivity index (χ2v) is 9.60. The van der Waals surface area contributed by atoms with Crippen LogP contribution in [0.15, 0.2) is 24.3 Å². The van der Waals surface area contributed by atoms with E-state index in [9.17, 15) is 4.79 Å². The van der Waals surface area contributed by atoms with Gasteiger partial charge in [0.1, 0.15) is 0 Å². The highest BCUT2D eigenvalue weighted by atomic mass is 16.5. The lowest BCUT2D eigenvalue weighted by Gasteiger charge is -2.61. The van der Waals surface area contributed by atoms with Crippen LogP contribution in [0.2, 0.25) is 0 Å². The zero-order valence-electron chi connectivity index (χ0n) is 17.5. The van der Waals surface area contributed by atoms with Gasteiger partial charge in [0.05, 0.1) is 18.6 Å². The van der Waals surface area contributed by atoms with Crippen molar-refractivity contribution in [2.45, 2.75) is 57.3 Å². The van der Waals surface area contributed by atoms with Crippen molar-refractivity contribution in [3.05, 3.63) is 35.4 Å². The van der Waals surface area contributed by atoms with Crippen molar-refractivity contribution in [1.82, 2.24) is 5.32 Å². The molecule has 4 saturated carbocycles. The van der Waals surface area contributed by atoms with E-state index in [0.29, 0.717) is 44.1 Å². The van der Waals surface area contributed by atoms with Gasteiger partial charge in [-0.3, -0.25) is 4.79 Å². The lowest BCUT2D eigenvalue weighted by atomic mass is 9.42. The van der Waals surface area contributed by atoms with E-state index in [-0.39, 0.29) is 10.8 Å². The molecule has 1 amide bonds. The molecule has 4 fully saturated rings. The summed E-state index contributed by atoms with van der Waals surface area (Å²) in [5.74, 6) is 1.73. The molecule has 0 heterocycles. The van der Waals surface area contributed by atoms with Crippen molar-refractivity contribution >= 4 is 5.91 Å². The van der Waals surface area contributed by atoms with Gasteiger partial charge in [0, 0.05) is 20.3 Å². The third-order valence-corrected chi connectivity index (χ3v) is 7.39. The maximum Gasteiger partial charge on any atom is 0.226 e. The highest BCUT2D eigenvalue weighted by molar-refractivity contribution is 5.83. The van der Waals surface area contributed by atoms with Crippen LogP contribution >= 0.6 is 0 Å². The smallest absolute Gasteiger partial charge is 0.226 e. The molecule has 4 aliphatic carbocycles. The predicted octanol–water partition coefficient (Wildman–Crippen LogP) is 4.00. The van der Waals surface area contributed by atoms with Gasteiger partial charge in [0.2, 0.25) is 5.91 Å². The molecule has 2 unspecified atom stereocenters. The average Bonchev–Trinajstić information content (AvgIpc) is 2.66. The molecule has 0 aliphatic heterocycles. The zero-order chi connectivity index (χ0) is 19.6. The zero-order valence-corrected chi connectivity index (χ0v) is 17.5. The topological polar surface area (TPSA) is 47.6 Å². The molecule has 1 aromatic carbocycles. The van der Waals surface area contributed by atoms with Gasteiger partial charge >= 0.3 is 0 Å². The van der Waals surface area contributed by atoms with Crippen LogP contribution in [0, 0.1) is 24.2 Å². The Bertz CT molecular complexity index is 670. The molecule has 1 aromatic rings. The van der Waals surface area contributed by atoms with Crippen LogP contribution in [0.5, 0.6) is 0 Å². The van der Waals surface area contributed by atoms with E-state index >= 15 is 0 Å². The molecule has 5 rings (SSSR count). The van der Waals surface area contributed by atoms with Gasteiger partial charge in [-0.2, -0.15) is 0 Å². The van der Waals surface area contributed by atoms with Gasteiger partial charge in [0.25, 0.3) is 0 Å². The van der Waals surface area contributed by atoms with Crippen molar-refractivity contribution < 1.29 is 14.3 Å². The SMILES string of the molecule is COCCOCCCNC(=O)C12CC3CC(C1)CC(c1ccc(C)cc1)(C3)C2. The summed E-state index contributed by atoms with van der Waals surface area (Å²) < 4.78 is 10.5. The fourth-order valence-electron chi connectivity index (χ4n) is 6.58. The van der Waals surface area contributed by atoms with E-state index in [1.54, 1.807) is 7.11 Å². The van der Waals surface area contributed by atoms with Gasteiger partial charge in [0.15, 0.2) is 0 Å². The normalized spacial score (nSPS) is 33.2. The molecule has 0 aromatic heterocycles. The molecule has 154 valence electrons. The summed E-state index contributed by atoms with van der Waals surface area (Å²) in [6, 6.07) is 9.13. The predicted molar refractivity (Wildman–Crippen MR) is 110 cm³/mol. The van der Waals surface area contributed by atoms with Gasteiger partial charge in [-0.15, -0.1) is 0 Å². The lowest BCUT2D eigenvalue weighted by molar-refractivity contribution is -0.149. The van der Waals surface area contributed by atoms with Gasteiger partial charge in [-0.05, 0) is 74.7 Å². The molecule has 0 radical (unpaired) electrons.